The van der Waals surface area contributed by atoms with E-state index in [2.05, 4.69) is 15.9 Å². The molecule has 2 rings (SSSR count). The third-order valence-corrected chi connectivity index (χ3v) is 3.51. The molecule has 1 atom stereocenters. The van der Waals surface area contributed by atoms with Crippen LogP contribution in [0.15, 0.2) is 53.0 Å². The number of benzene rings is 2. The summed E-state index contributed by atoms with van der Waals surface area (Å²) in [6, 6.07) is 15.2. The smallest absolute Gasteiger partial charge is 0.125 e. The standard InChI is InChI=1S/C15H15BrO2/c1-15(17,11-6-5-7-12(16)10-11)13-8-3-4-9-14(13)18-2/h3-10,17H,1-2H3. The highest BCUT2D eigenvalue weighted by atomic mass is 79.9. The summed E-state index contributed by atoms with van der Waals surface area (Å²) in [7, 11) is 1.61. The van der Waals surface area contributed by atoms with Crippen LogP contribution in [0.5, 0.6) is 5.75 Å². The Balaban J connectivity index is 2.54. The second-order valence-corrected chi connectivity index (χ2v) is 5.20. The van der Waals surface area contributed by atoms with Crippen LogP contribution in [0.1, 0.15) is 18.1 Å². The number of methoxy groups -OCH3 is 1. The number of halogens is 1. The molecule has 0 bridgehead atoms. The van der Waals surface area contributed by atoms with Crippen LogP contribution in [-0.2, 0) is 5.60 Å². The van der Waals surface area contributed by atoms with Gasteiger partial charge in [-0.05, 0) is 30.7 Å². The summed E-state index contributed by atoms with van der Waals surface area (Å²) in [6.45, 7) is 1.77. The minimum absolute atomic E-state index is 0.683. The molecule has 0 aliphatic rings. The van der Waals surface area contributed by atoms with Crippen molar-refractivity contribution >= 4 is 15.9 Å². The fourth-order valence-electron chi connectivity index (χ4n) is 1.99. The molecule has 18 heavy (non-hydrogen) atoms. The average Bonchev–Trinajstić information content (AvgIpc) is 2.38. The molecular formula is C15H15BrO2. The van der Waals surface area contributed by atoms with E-state index in [0.29, 0.717) is 5.75 Å². The molecule has 94 valence electrons. The van der Waals surface area contributed by atoms with E-state index >= 15 is 0 Å². The highest BCUT2D eigenvalue weighted by Gasteiger charge is 2.28. The molecule has 2 nitrogen and oxygen atoms in total. The van der Waals surface area contributed by atoms with Crippen LogP contribution < -0.4 is 4.74 Å². The van der Waals surface area contributed by atoms with Crippen LogP contribution in [0.2, 0.25) is 0 Å². The number of para-hydroxylation sites is 1. The molecular weight excluding hydrogens is 292 g/mol. The number of ether oxygens (including phenoxy) is 1. The first-order valence-corrected chi connectivity index (χ1v) is 6.47. The predicted molar refractivity (Wildman–Crippen MR) is 75.8 cm³/mol. The van der Waals surface area contributed by atoms with Crippen LogP contribution in [0.25, 0.3) is 0 Å². The first kappa shape index (κ1) is 13.1. The van der Waals surface area contributed by atoms with Gasteiger partial charge in [0, 0.05) is 10.0 Å². The van der Waals surface area contributed by atoms with Gasteiger partial charge in [-0.3, -0.25) is 0 Å². The summed E-state index contributed by atoms with van der Waals surface area (Å²) in [5, 5.41) is 10.8. The van der Waals surface area contributed by atoms with E-state index in [-0.39, 0.29) is 0 Å². The molecule has 0 fully saturated rings. The van der Waals surface area contributed by atoms with Crippen molar-refractivity contribution in [3.63, 3.8) is 0 Å². The van der Waals surface area contributed by atoms with Crippen LogP contribution in [0.4, 0.5) is 0 Å². The quantitative estimate of drug-likeness (QED) is 0.936. The molecule has 1 N–H and O–H groups in total. The van der Waals surface area contributed by atoms with Crippen LogP contribution in [0, 0.1) is 0 Å². The molecule has 0 saturated carbocycles. The summed E-state index contributed by atoms with van der Waals surface area (Å²) in [5.41, 5.74) is 0.489. The van der Waals surface area contributed by atoms with Gasteiger partial charge in [-0.1, -0.05) is 46.3 Å². The summed E-state index contributed by atoms with van der Waals surface area (Å²) in [4.78, 5) is 0. The SMILES string of the molecule is COc1ccccc1C(C)(O)c1cccc(Br)c1. The van der Waals surface area contributed by atoms with Gasteiger partial charge in [0.2, 0.25) is 0 Å². The molecule has 0 heterocycles. The van der Waals surface area contributed by atoms with E-state index in [1.54, 1.807) is 14.0 Å². The topological polar surface area (TPSA) is 29.5 Å². The molecule has 2 aromatic rings. The zero-order chi connectivity index (χ0) is 13.2. The Bertz CT molecular complexity index is 550. The Kier molecular flexibility index (Phi) is 3.73. The van der Waals surface area contributed by atoms with E-state index < -0.39 is 5.60 Å². The van der Waals surface area contributed by atoms with Gasteiger partial charge < -0.3 is 9.84 Å². The van der Waals surface area contributed by atoms with Gasteiger partial charge in [-0.2, -0.15) is 0 Å². The van der Waals surface area contributed by atoms with Crippen LogP contribution >= 0.6 is 15.9 Å². The molecule has 0 aliphatic heterocycles. The summed E-state index contributed by atoms with van der Waals surface area (Å²) in [6.07, 6.45) is 0. The zero-order valence-corrected chi connectivity index (χ0v) is 11.9. The first-order chi connectivity index (χ1) is 8.55. The van der Waals surface area contributed by atoms with E-state index in [1.807, 2.05) is 48.5 Å². The lowest BCUT2D eigenvalue weighted by molar-refractivity contribution is 0.0989. The maximum absolute atomic E-state index is 10.8. The second kappa shape index (κ2) is 5.12. The number of hydrogen-bond donors (Lipinski definition) is 1. The van der Waals surface area contributed by atoms with Crippen molar-refractivity contribution in [3.05, 3.63) is 64.1 Å². The van der Waals surface area contributed by atoms with Crippen molar-refractivity contribution in [1.82, 2.24) is 0 Å². The monoisotopic (exact) mass is 306 g/mol. The number of hydrogen-bond acceptors (Lipinski definition) is 2. The lowest BCUT2D eigenvalue weighted by atomic mass is 9.88. The maximum atomic E-state index is 10.8. The zero-order valence-electron chi connectivity index (χ0n) is 10.4. The largest absolute Gasteiger partial charge is 0.496 e. The number of rotatable bonds is 3. The van der Waals surface area contributed by atoms with Gasteiger partial charge in [0.25, 0.3) is 0 Å². The third kappa shape index (κ3) is 2.42. The summed E-state index contributed by atoms with van der Waals surface area (Å²) >= 11 is 3.42. The molecule has 0 aliphatic carbocycles. The lowest BCUT2D eigenvalue weighted by Crippen LogP contribution is -2.23. The van der Waals surface area contributed by atoms with Gasteiger partial charge >= 0.3 is 0 Å². The maximum Gasteiger partial charge on any atom is 0.125 e. The molecule has 0 aromatic heterocycles. The van der Waals surface area contributed by atoms with Crippen molar-refractivity contribution in [2.24, 2.45) is 0 Å². The molecule has 0 saturated heterocycles. The first-order valence-electron chi connectivity index (χ1n) is 5.67. The highest BCUT2D eigenvalue weighted by Crippen LogP contribution is 2.35. The lowest BCUT2D eigenvalue weighted by Gasteiger charge is -2.26. The van der Waals surface area contributed by atoms with E-state index in [4.69, 9.17) is 4.74 Å². The molecule has 0 amide bonds. The minimum Gasteiger partial charge on any atom is -0.496 e. The Hall–Kier alpha value is -1.32. The molecule has 2 aromatic carbocycles. The van der Waals surface area contributed by atoms with E-state index in [0.717, 1.165) is 15.6 Å². The van der Waals surface area contributed by atoms with Crippen molar-refractivity contribution in [2.75, 3.05) is 7.11 Å². The van der Waals surface area contributed by atoms with Gasteiger partial charge in [0.05, 0.1) is 7.11 Å². The van der Waals surface area contributed by atoms with Crippen LogP contribution in [0.3, 0.4) is 0 Å². The second-order valence-electron chi connectivity index (χ2n) is 4.28. The molecule has 3 heteroatoms. The Morgan fingerprint density at radius 2 is 1.83 bits per heavy atom. The van der Waals surface area contributed by atoms with Crippen LogP contribution in [-0.4, -0.2) is 12.2 Å². The summed E-state index contributed by atoms with van der Waals surface area (Å²) in [5.74, 6) is 0.683. The fraction of sp³-hybridized carbons (Fsp3) is 0.200. The Morgan fingerprint density at radius 3 is 2.50 bits per heavy atom. The highest BCUT2D eigenvalue weighted by molar-refractivity contribution is 9.10. The van der Waals surface area contributed by atoms with Crippen molar-refractivity contribution in [3.8, 4) is 5.75 Å². The Labute approximate surface area is 115 Å². The van der Waals surface area contributed by atoms with Crippen molar-refractivity contribution < 1.29 is 9.84 Å². The van der Waals surface area contributed by atoms with Gasteiger partial charge in [0.15, 0.2) is 0 Å². The number of aliphatic hydroxyl groups is 1. The van der Waals surface area contributed by atoms with Gasteiger partial charge in [0.1, 0.15) is 11.4 Å². The predicted octanol–water partition coefficient (Wildman–Crippen LogP) is 3.71. The normalized spacial score (nSPS) is 14.0. The third-order valence-electron chi connectivity index (χ3n) is 3.02. The molecule has 0 spiro atoms. The van der Waals surface area contributed by atoms with Gasteiger partial charge in [-0.25, -0.2) is 0 Å². The molecule has 0 radical (unpaired) electrons. The van der Waals surface area contributed by atoms with Gasteiger partial charge in [-0.15, -0.1) is 0 Å². The Morgan fingerprint density at radius 1 is 1.11 bits per heavy atom. The summed E-state index contributed by atoms with van der Waals surface area (Å²) < 4.78 is 6.25. The van der Waals surface area contributed by atoms with Crippen molar-refractivity contribution in [1.29, 1.82) is 0 Å². The van der Waals surface area contributed by atoms with E-state index in [9.17, 15) is 5.11 Å². The minimum atomic E-state index is -1.09. The fourth-order valence-corrected chi connectivity index (χ4v) is 2.39. The average molecular weight is 307 g/mol. The van der Waals surface area contributed by atoms with Crippen molar-refractivity contribution in [2.45, 2.75) is 12.5 Å². The molecule has 1 unspecified atom stereocenters. The van der Waals surface area contributed by atoms with E-state index in [1.165, 1.54) is 0 Å².